The standard InChI is InChI=1S/C17H17Cl2NO4S/c1-12-4-7-14(8-5-12)25(23,24)20(10-2-3-17(21)22)16-11-13(18)6-9-15(16)19/h4-9,11H,2-3,10H2,1H3,(H,21,22). The van der Waals surface area contributed by atoms with Crippen molar-refractivity contribution >= 4 is 44.9 Å². The highest BCUT2D eigenvalue weighted by molar-refractivity contribution is 7.92. The minimum atomic E-state index is -3.91. The molecule has 2 aromatic carbocycles. The number of hydrogen-bond acceptors (Lipinski definition) is 3. The molecule has 2 rings (SSSR count). The maximum atomic E-state index is 13.1. The van der Waals surface area contributed by atoms with Crippen molar-refractivity contribution in [2.24, 2.45) is 0 Å². The van der Waals surface area contributed by atoms with Crippen molar-refractivity contribution in [1.29, 1.82) is 0 Å². The van der Waals surface area contributed by atoms with Crippen LogP contribution in [0.1, 0.15) is 18.4 Å². The predicted octanol–water partition coefficient (Wildman–Crippen LogP) is 4.36. The van der Waals surface area contributed by atoms with Crippen molar-refractivity contribution < 1.29 is 18.3 Å². The van der Waals surface area contributed by atoms with Gasteiger partial charge in [-0.05, 0) is 43.7 Å². The molecule has 0 spiro atoms. The number of anilines is 1. The van der Waals surface area contributed by atoms with Crippen molar-refractivity contribution in [3.05, 3.63) is 58.1 Å². The van der Waals surface area contributed by atoms with E-state index >= 15 is 0 Å². The Kier molecular flexibility index (Phi) is 6.32. The first kappa shape index (κ1) is 19.6. The summed E-state index contributed by atoms with van der Waals surface area (Å²) in [5.41, 5.74) is 1.15. The monoisotopic (exact) mass is 401 g/mol. The van der Waals surface area contributed by atoms with Gasteiger partial charge in [0, 0.05) is 18.0 Å². The quantitative estimate of drug-likeness (QED) is 0.747. The molecule has 0 aliphatic carbocycles. The summed E-state index contributed by atoms with van der Waals surface area (Å²) in [6.07, 6.45) is -0.0125. The molecule has 134 valence electrons. The number of carboxylic acid groups (broad SMARTS) is 1. The Hall–Kier alpha value is -1.76. The van der Waals surface area contributed by atoms with E-state index in [1.165, 1.54) is 24.3 Å². The number of carboxylic acids is 1. The van der Waals surface area contributed by atoms with E-state index in [-0.39, 0.29) is 35.0 Å². The maximum Gasteiger partial charge on any atom is 0.303 e. The Morgan fingerprint density at radius 3 is 2.36 bits per heavy atom. The Balaban J connectivity index is 2.47. The van der Waals surface area contributed by atoms with Crippen molar-refractivity contribution in [1.82, 2.24) is 0 Å². The third-order valence-electron chi connectivity index (χ3n) is 3.54. The number of sulfonamides is 1. The average molecular weight is 402 g/mol. The Morgan fingerprint density at radius 1 is 1.12 bits per heavy atom. The van der Waals surface area contributed by atoms with Crippen LogP contribution in [0.5, 0.6) is 0 Å². The fourth-order valence-electron chi connectivity index (χ4n) is 2.26. The van der Waals surface area contributed by atoms with Crippen LogP contribution in [0, 0.1) is 6.92 Å². The van der Waals surface area contributed by atoms with Crippen molar-refractivity contribution in [2.75, 3.05) is 10.8 Å². The fourth-order valence-corrected chi connectivity index (χ4v) is 4.21. The number of nitrogens with zero attached hydrogens (tertiary/aromatic N) is 1. The van der Waals surface area contributed by atoms with Gasteiger partial charge in [-0.2, -0.15) is 0 Å². The molecule has 5 nitrogen and oxygen atoms in total. The normalized spacial score (nSPS) is 11.3. The second-order valence-electron chi connectivity index (χ2n) is 5.48. The van der Waals surface area contributed by atoms with Gasteiger partial charge in [-0.15, -0.1) is 0 Å². The summed E-state index contributed by atoms with van der Waals surface area (Å²) in [5.74, 6) is -0.995. The molecule has 25 heavy (non-hydrogen) atoms. The molecule has 0 saturated carbocycles. The van der Waals surface area contributed by atoms with Gasteiger partial charge in [0.1, 0.15) is 0 Å². The molecule has 0 bridgehead atoms. The largest absolute Gasteiger partial charge is 0.481 e. The highest BCUT2D eigenvalue weighted by Crippen LogP contribution is 2.33. The Bertz CT molecular complexity index is 867. The first-order chi connectivity index (χ1) is 11.7. The van der Waals surface area contributed by atoms with E-state index in [9.17, 15) is 13.2 Å². The second-order valence-corrected chi connectivity index (χ2v) is 8.19. The van der Waals surface area contributed by atoms with Gasteiger partial charge in [-0.25, -0.2) is 8.42 Å². The van der Waals surface area contributed by atoms with Crippen molar-refractivity contribution in [3.63, 3.8) is 0 Å². The molecule has 0 atom stereocenters. The molecule has 0 aromatic heterocycles. The van der Waals surface area contributed by atoms with E-state index in [1.54, 1.807) is 18.2 Å². The van der Waals surface area contributed by atoms with Gasteiger partial charge in [-0.1, -0.05) is 40.9 Å². The zero-order valence-corrected chi connectivity index (χ0v) is 15.8. The lowest BCUT2D eigenvalue weighted by atomic mass is 10.2. The number of aryl methyl sites for hydroxylation is 1. The van der Waals surface area contributed by atoms with Gasteiger partial charge < -0.3 is 5.11 Å². The zero-order chi connectivity index (χ0) is 18.6. The van der Waals surface area contributed by atoms with Gasteiger partial charge in [-0.3, -0.25) is 9.10 Å². The summed E-state index contributed by atoms with van der Waals surface area (Å²) in [7, 11) is -3.91. The molecule has 0 saturated heterocycles. The van der Waals surface area contributed by atoms with Gasteiger partial charge in [0.2, 0.25) is 0 Å². The van der Waals surface area contributed by atoms with E-state index in [2.05, 4.69) is 0 Å². The summed E-state index contributed by atoms with van der Waals surface area (Å²) >= 11 is 12.2. The first-order valence-corrected chi connectivity index (χ1v) is 9.67. The van der Waals surface area contributed by atoms with E-state index in [0.29, 0.717) is 5.02 Å². The number of rotatable bonds is 7. The summed E-state index contributed by atoms with van der Waals surface area (Å²) in [6.45, 7) is 1.83. The smallest absolute Gasteiger partial charge is 0.303 e. The van der Waals surface area contributed by atoms with Gasteiger partial charge >= 0.3 is 5.97 Å². The third kappa shape index (κ3) is 4.87. The van der Waals surface area contributed by atoms with E-state index in [4.69, 9.17) is 28.3 Å². The Labute approximate surface area is 156 Å². The average Bonchev–Trinajstić information content (AvgIpc) is 2.54. The molecular weight excluding hydrogens is 385 g/mol. The number of hydrogen-bond donors (Lipinski definition) is 1. The van der Waals surface area contributed by atoms with Crippen LogP contribution in [0.15, 0.2) is 47.4 Å². The van der Waals surface area contributed by atoms with Crippen LogP contribution in [0.3, 0.4) is 0 Å². The number of carbonyl (C=O) groups is 1. The minimum Gasteiger partial charge on any atom is -0.481 e. The highest BCUT2D eigenvalue weighted by Gasteiger charge is 2.26. The van der Waals surface area contributed by atoms with E-state index in [0.717, 1.165) is 9.87 Å². The lowest BCUT2D eigenvalue weighted by molar-refractivity contribution is -0.137. The fraction of sp³-hybridized carbons (Fsp3) is 0.235. The molecular formula is C17H17Cl2NO4S. The van der Waals surface area contributed by atoms with E-state index in [1.807, 2.05) is 6.92 Å². The Morgan fingerprint density at radius 2 is 1.76 bits per heavy atom. The molecule has 2 aromatic rings. The topological polar surface area (TPSA) is 74.7 Å². The SMILES string of the molecule is Cc1ccc(S(=O)(=O)N(CCCC(=O)O)c2cc(Cl)ccc2Cl)cc1. The molecule has 8 heteroatoms. The molecule has 0 unspecified atom stereocenters. The molecule has 0 heterocycles. The molecule has 0 radical (unpaired) electrons. The first-order valence-electron chi connectivity index (χ1n) is 7.48. The van der Waals surface area contributed by atoms with Crippen LogP contribution in [0.2, 0.25) is 10.0 Å². The van der Waals surface area contributed by atoms with Crippen LogP contribution in [-0.2, 0) is 14.8 Å². The lowest BCUT2D eigenvalue weighted by Crippen LogP contribution is -2.32. The molecule has 0 amide bonds. The van der Waals surface area contributed by atoms with Crippen LogP contribution in [0.25, 0.3) is 0 Å². The van der Waals surface area contributed by atoms with Crippen LogP contribution >= 0.6 is 23.2 Å². The van der Waals surface area contributed by atoms with Crippen molar-refractivity contribution in [3.8, 4) is 0 Å². The molecule has 0 aliphatic rings. The van der Waals surface area contributed by atoms with Crippen LogP contribution in [-0.4, -0.2) is 26.0 Å². The summed E-state index contributed by atoms with van der Waals surface area (Å²) in [4.78, 5) is 10.9. The van der Waals surface area contributed by atoms with Crippen LogP contribution < -0.4 is 4.31 Å². The third-order valence-corrected chi connectivity index (χ3v) is 5.92. The second kappa shape index (κ2) is 8.08. The summed E-state index contributed by atoms with van der Waals surface area (Å²) < 4.78 is 27.2. The summed E-state index contributed by atoms with van der Waals surface area (Å²) in [5, 5.41) is 9.38. The van der Waals surface area contributed by atoms with Crippen LogP contribution in [0.4, 0.5) is 5.69 Å². The molecule has 1 N–H and O–H groups in total. The van der Waals surface area contributed by atoms with Gasteiger partial charge in [0.25, 0.3) is 10.0 Å². The number of aliphatic carboxylic acids is 1. The number of halogens is 2. The van der Waals surface area contributed by atoms with Crippen molar-refractivity contribution in [2.45, 2.75) is 24.7 Å². The predicted molar refractivity (Wildman–Crippen MR) is 99.0 cm³/mol. The lowest BCUT2D eigenvalue weighted by Gasteiger charge is -2.25. The van der Waals surface area contributed by atoms with Gasteiger partial charge in [0.05, 0.1) is 15.6 Å². The number of benzene rings is 2. The molecule has 0 aliphatic heterocycles. The van der Waals surface area contributed by atoms with E-state index < -0.39 is 16.0 Å². The summed E-state index contributed by atoms with van der Waals surface area (Å²) in [6, 6.07) is 10.9. The maximum absolute atomic E-state index is 13.1. The molecule has 0 fully saturated rings. The highest BCUT2D eigenvalue weighted by atomic mass is 35.5. The minimum absolute atomic E-state index is 0.0252. The van der Waals surface area contributed by atoms with Gasteiger partial charge in [0.15, 0.2) is 0 Å². The zero-order valence-electron chi connectivity index (χ0n) is 13.4.